The zero-order chi connectivity index (χ0) is 35.1. The van der Waals surface area contributed by atoms with E-state index in [-0.39, 0.29) is 22.9 Å². The quantitative estimate of drug-likeness (QED) is 0.166. The lowest BCUT2D eigenvalue weighted by molar-refractivity contribution is -0.144. The first-order valence-electron chi connectivity index (χ1n) is 15.4. The van der Waals surface area contributed by atoms with Crippen molar-refractivity contribution in [3.05, 3.63) is 139 Å². The number of hydrogen-bond donors (Lipinski definition) is 0. The Kier molecular flexibility index (Phi) is 9.87. The molecule has 1 atom stereocenters. The number of rotatable bonds is 8. The second-order valence-electron chi connectivity index (χ2n) is 11.8. The minimum Gasteiger partial charge on any atom is -0.465 e. The number of sulfonamides is 2. The van der Waals surface area contributed by atoms with Crippen LogP contribution in [-0.4, -0.2) is 46.1 Å². The summed E-state index contributed by atoms with van der Waals surface area (Å²) in [7, 11) is -9.02. The largest absolute Gasteiger partial charge is 0.465 e. The molecule has 2 aliphatic rings. The van der Waals surface area contributed by atoms with Gasteiger partial charge in [0.15, 0.2) is 5.84 Å². The second kappa shape index (κ2) is 13.8. The SMILES string of the molecule is CCOC(=O)C1C(c2ccc(Br)cc2)=C2CC(c3ccc(Br)cc3)=C2CN(S(=O)(=O)c2ccc(C)cc2)/C1=N/S(=O)(=O)c1ccc(C)cc1. The van der Waals surface area contributed by atoms with Crippen LogP contribution < -0.4 is 0 Å². The van der Waals surface area contributed by atoms with Crippen molar-refractivity contribution in [2.75, 3.05) is 13.2 Å². The van der Waals surface area contributed by atoms with E-state index in [0.717, 1.165) is 41.1 Å². The van der Waals surface area contributed by atoms with Crippen LogP contribution in [0.25, 0.3) is 11.1 Å². The van der Waals surface area contributed by atoms with Crippen LogP contribution in [0, 0.1) is 19.8 Å². The molecule has 0 saturated carbocycles. The number of nitrogens with zero attached hydrogens (tertiary/aromatic N) is 2. The summed E-state index contributed by atoms with van der Waals surface area (Å²) in [5.41, 5.74) is 5.90. The first-order chi connectivity index (χ1) is 23.3. The second-order valence-corrected chi connectivity index (χ2v) is 17.1. The molecule has 1 aliphatic carbocycles. The molecule has 0 N–H and O–H groups in total. The maximum atomic E-state index is 14.8. The molecule has 8 nitrogen and oxygen atoms in total. The summed E-state index contributed by atoms with van der Waals surface area (Å²) in [5.74, 6) is -2.77. The van der Waals surface area contributed by atoms with Gasteiger partial charge >= 0.3 is 5.97 Å². The normalized spacial score (nSPS) is 17.4. The summed E-state index contributed by atoms with van der Waals surface area (Å²) in [4.78, 5) is 14.0. The highest BCUT2D eigenvalue weighted by Gasteiger charge is 2.47. The molecule has 0 radical (unpaired) electrons. The number of carbonyl (C=O) groups excluding carboxylic acids is 1. The van der Waals surface area contributed by atoms with Gasteiger partial charge < -0.3 is 4.74 Å². The molecule has 4 aromatic rings. The molecule has 0 amide bonds. The van der Waals surface area contributed by atoms with E-state index in [1.54, 1.807) is 31.2 Å². The first kappa shape index (κ1) is 35.0. The molecule has 1 aliphatic heterocycles. The van der Waals surface area contributed by atoms with Gasteiger partial charge in [0, 0.05) is 8.95 Å². The number of allylic oxidation sites excluding steroid dienone is 1. The van der Waals surface area contributed by atoms with E-state index in [9.17, 15) is 21.6 Å². The number of esters is 1. The highest BCUT2D eigenvalue weighted by atomic mass is 79.9. The molecule has 0 fully saturated rings. The molecular weight excluding hydrogens is 792 g/mol. The number of halogens is 2. The highest BCUT2D eigenvalue weighted by Crippen LogP contribution is 2.50. The Morgan fingerprint density at radius 1 is 0.735 bits per heavy atom. The summed E-state index contributed by atoms with van der Waals surface area (Å²) in [6.45, 7) is 5.03. The standard InChI is InChI=1S/C37H32Br2N2O6S2/c1-4-47-37(42)35-34(26-11-15-28(39)16-12-26)32-21-31(25-9-13-27(38)14-10-25)33(32)22-41(49(45,46)30-19-7-24(3)8-20-30)36(35)40-48(43,44)29-17-5-23(2)6-18-29/h5-20,35H,4,21-22H2,1-3H3/b40-36+. The van der Waals surface area contributed by atoms with Gasteiger partial charge in [-0.3, -0.25) is 4.79 Å². The number of carbonyl (C=O) groups is 1. The minimum atomic E-state index is -4.53. The van der Waals surface area contributed by atoms with Crippen molar-refractivity contribution < 1.29 is 26.4 Å². The summed E-state index contributed by atoms with van der Waals surface area (Å²) in [6, 6.07) is 27.3. The Hall–Kier alpha value is -3.84. The van der Waals surface area contributed by atoms with Gasteiger partial charge in [0.25, 0.3) is 20.0 Å². The van der Waals surface area contributed by atoms with Crippen LogP contribution in [0.4, 0.5) is 0 Å². The molecule has 0 aromatic heterocycles. The Morgan fingerprint density at radius 2 is 1.24 bits per heavy atom. The molecule has 1 heterocycles. The fourth-order valence-corrected chi connectivity index (χ4v) is 9.00. The smallest absolute Gasteiger partial charge is 0.321 e. The summed E-state index contributed by atoms with van der Waals surface area (Å²) in [5, 5.41) is 0. The van der Waals surface area contributed by atoms with Crippen LogP contribution in [-0.2, 0) is 29.6 Å². The predicted octanol–water partition coefficient (Wildman–Crippen LogP) is 8.11. The fourth-order valence-electron chi connectivity index (χ4n) is 5.96. The molecule has 4 aromatic carbocycles. The molecule has 49 heavy (non-hydrogen) atoms. The van der Waals surface area contributed by atoms with Crippen molar-refractivity contribution in [3.8, 4) is 0 Å². The average molecular weight is 825 g/mol. The third kappa shape index (κ3) is 6.96. The molecular formula is C37H32Br2N2O6S2. The van der Waals surface area contributed by atoms with Gasteiger partial charge in [0.1, 0.15) is 5.92 Å². The Balaban J connectivity index is 1.70. The van der Waals surface area contributed by atoms with Crippen LogP contribution in [0.15, 0.2) is 131 Å². The van der Waals surface area contributed by atoms with E-state index < -0.39 is 37.8 Å². The lowest BCUT2D eigenvalue weighted by atomic mass is 9.73. The van der Waals surface area contributed by atoms with Gasteiger partial charge in [0.05, 0.1) is 22.9 Å². The Labute approximate surface area is 303 Å². The molecule has 0 spiro atoms. The summed E-state index contributed by atoms with van der Waals surface area (Å²) in [6.07, 6.45) is 0.411. The number of aryl methyl sites for hydroxylation is 2. The van der Waals surface area contributed by atoms with Gasteiger partial charge in [-0.15, -0.1) is 4.40 Å². The highest BCUT2D eigenvalue weighted by molar-refractivity contribution is 9.10. The van der Waals surface area contributed by atoms with Crippen LogP contribution in [0.5, 0.6) is 0 Å². The number of amidine groups is 1. The minimum absolute atomic E-state index is 0.0200. The topological polar surface area (TPSA) is 110 Å². The van der Waals surface area contributed by atoms with Crippen molar-refractivity contribution in [2.24, 2.45) is 10.3 Å². The third-order valence-corrected chi connectivity index (χ3v) is 12.6. The predicted molar refractivity (Wildman–Crippen MR) is 198 cm³/mol. The maximum absolute atomic E-state index is 14.8. The fraction of sp³-hybridized carbons (Fsp3) is 0.189. The van der Waals surface area contributed by atoms with Crippen LogP contribution >= 0.6 is 31.9 Å². The Bertz CT molecular complexity index is 2250. The molecule has 0 saturated heterocycles. The summed E-state index contributed by atoms with van der Waals surface area (Å²) >= 11 is 6.96. The van der Waals surface area contributed by atoms with Gasteiger partial charge in [-0.25, -0.2) is 12.7 Å². The lowest BCUT2D eigenvalue weighted by Gasteiger charge is -2.31. The molecule has 6 rings (SSSR count). The van der Waals surface area contributed by atoms with Crippen LogP contribution in [0.2, 0.25) is 0 Å². The van der Waals surface area contributed by atoms with Crippen molar-refractivity contribution >= 4 is 74.9 Å². The molecule has 252 valence electrons. The van der Waals surface area contributed by atoms with E-state index in [2.05, 4.69) is 36.3 Å². The van der Waals surface area contributed by atoms with Crippen molar-refractivity contribution in [1.29, 1.82) is 0 Å². The van der Waals surface area contributed by atoms with Gasteiger partial charge in [-0.1, -0.05) is 91.5 Å². The van der Waals surface area contributed by atoms with Crippen LogP contribution in [0.3, 0.4) is 0 Å². The third-order valence-electron chi connectivity index (χ3n) is 8.52. The first-order valence-corrected chi connectivity index (χ1v) is 19.9. The molecule has 0 bridgehead atoms. The average Bonchev–Trinajstić information content (AvgIpc) is 3.15. The number of ether oxygens (including phenoxy) is 1. The molecule has 1 unspecified atom stereocenters. The maximum Gasteiger partial charge on any atom is 0.321 e. The zero-order valence-corrected chi connectivity index (χ0v) is 31.7. The van der Waals surface area contributed by atoms with E-state index >= 15 is 0 Å². The van der Waals surface area contributed by atoms with Crippen molar-refractivity contribution in [2.45, 2.75) is 37.0 Å². The van der Waals surface area contributed by atoms with E-state index in [4.69, 9.17) is 4.74 Å². The zero-order valence-electron chi connectivity index (χ0n) is 26.9. The van der Waals surface area contributed by atoms with Crippen molar-refractivity contribution in [1.82, 2.24) is 4.31 Å². The van der Waals surface area contributed by atoms with E-state index in [1.165, 1.54) is 24.3 Å². The van der Waals surface area contributed by atoms with Gasteiger partial charge in [-0.2, -0.15) is 8.42 Å². The monoisotopic (exact) mass is 822 g/mol. The van der Waals surface area contributed by atoms with Crippen molar-refractivity contribution in [3.63, 3.8) is 0 Å². The number of hydrogen-bond acceptors (Lipinski definition) is 6. The van der Waals surface area contributed by atoms with Gasteiger partial charge in [-0.05, 0) is 109 Å². The van der Waals surface area contributed by atoms with Crippen LogP contribution in [0.1, 0.15) is 35.6 Å². The lowest BCUT2D eigenvalue weighted by Crippen LogP contribution is -2.44. The van der Waals surface area contributed by atoms with E-state index in [0.29, 0.717) is 23.1 Å². The van der Waals surface area contributed by atoms with E-state index in [1.807, 2.05) is 62.4 Å². The Morgan fingerprint density at radius 3 is 1.78 bits per heavy atom. The number of fused-ring (bicyclic) bond motifs is 1. The van der Waals surface area contributed by atoms with Gasteiger partial charge in [0.2, 0.25) is 0 Å². The molecule has 12 heteroatoms. The number of benzene rings is 4. The summed E-state index contributed by atoms with van der Waals surface area (Å²) < 4.78 is 70.2.